The molecule has 124 valence electrons. The Morgan fingerprint density at radius 3 is 2.38 bits per heavy atom. The molecule has 0 radical (unpaired) electrons. The zero-order valence-corrected chi connectivity index (χ0v) is 14.1. The van der Waals surface area contributed by atoms with Crippen LogP contribution >= 0.6 is 0 Å². The molecule has 3 N–H and O–H groups in total. The number of urea groups is 1. The lowest BCUT2D eigenvalue weighted by Crippen LogP contribution is -2.41. The summed E-state index contributed by atoms with van der Waals surface area (Å²) in [6, 6.07) is 12.7. The first-order valence-electron chi connectivity index (χ1n) is 7.87. The molecule has 24 heavy (non-hydrogen) atoms. The van der Waals surface area contributed by atoms with Gasteiger partial charge >= 0.3 is 6.03 Å². The van der Waals surface area contributed by atoms with Crippen molar-refractivity contribution in [2.45, 2.75) is 32.9 Å². The van der Waals surface area contributed by atoms with Crippen molar-refractivity contribution in [3.05, 3.63) is 64.7 Å². The van der Waals surface area contributed by atoms with Gasteiger partial charge < -0.3 is 11.1 Å². The van der Waals surface area contributed by atoms with Crippen LogP contribution in [0.15, 0.2) is 42.5 Å². The molecule has 0 aromatic heterocycles. The third kappa shape index (κ3) is 2.62. The highest BCUT2D eigenvalue weighted by molar-refractivity contribution is 6.07. The van der Waals surface area contributed by atoms with Gasteiger partial charge in [0.2, 0.25) is 0 Å². The molecule has 0 spiro atoms. The molecule has 5 nitrogen and oxygen atoms in total. The van der Waals surface area contributed by atoms with Gasteiger partial charge in [0.15, 0.2) is 0 Å². The number of carbonyl (C=O) groups is 2. The van der Waals surface area contributed by atoms with Crippen molar-refractivity contribution in [2.75, 3.05) is 5.73 Å². The van der Waals surface area contributed by atoms with E-state index >= 15 is 0 Å². The highest BCUT2D eigenvalue weighted by Gasteiger charge is 2.49. The lowest BCUT2D eigenvalue weighted by Gasteiger charge is -2.24. The van der Waals surface area contributed by atoms with Gasteiger partial charge in [-0.25, -0.2) is 4.79 Å². The van der Waals surface area contributed by atoms with Gasteiger partial charge in [0.1, 0.15) is 5.54 Å². The average molecular weight is 323 g/mol. The first-order valence-corrected chi connectivity index (χ1v) is 7.87. The minimum Gasteiger partial charge on any atom is -0.399 e. The number of benzene rings is 2. The van der Waals surface area contributed by atoms with Gasteiger partial charge in [-0.1, -0.05) is 35.9 Å². The van der Waals surface area contributed by atoms with E-state index in [-0.39, 0.29) is 18.5 Å². The van der Waals surface area contributed by atoms with Gasteiger partial charge in [0.25, 0.3) is 5.91 Å². The van der Waals surface area contributed by atoms with E-state index in [0.717, 1.165) is 22.3 Å². The highest BCUT2D eigenvalue weighted by Crippen LogP contribution is 2.32. The number of amides is 3. The summed E-state index contributed by atoms with van der Waals surface area (Å²) in [6.45, 7) is 5.94. The van der Waals surface area contributed by atoms with Crippen molar-refractivity contribution in [3.63, 3.8) is 0 Å². The number of hydrogen-bond acceptors (Lipinski definition) is 3. The molecule has 3 rings (SSSR count). The van der Waals surface area contributed by atoms with E-state index < -0.39 is 5.54 Å². The zero-order valence-electron chi connectivity index (χ0n) is 14.1. The summed E-state index contributed by atoms with van der Waals surface area (Å²) in [5.74, 6) is -0.240. The van der Waals surface area contributed by atoms with Gasteiger partial charge in [-0.05, 0) is 49.6 Å². The maximum Gasteiger partial charge on any atom is 0.325 e. The Morgan fingerprint density at radius 2 is 1.75 bits per heavy atom. The second-order valence-electron chi connectivity index (χ2n) is 6.51. The molecule has 1 atom stereocenters. The van der Waals surface area contributed by atoms with Gasteiger partial charge in [-0.3, -0.25) is 9.69 Å². The summed E-state index contributed by atoms with van der Waals surface area (Å²) in [7, 11) is 0. The number of nitrogens with one attached hydrogen (secondary N) is 1. The van der Waals surface area contributed by atoms with E-state index in [1.807, 2.05) is 44.2 Å². The number of nitrogen functional groups attached to an aromatic ring is 1. The number of aryl methyl sites for hydroxylation is 2. The first-order chi connectivity index (χ1) is 11.3. The number of hydrogen-bond donors (Lipinski definition) is 2. The van der Waals surface area contributed by atoms with E-state index in [0.29, 0.717) is 5.69 Å². The summed E-state index contributed by atoms with van der Waals surface area (Å²) in [5.41, 5.74) is 9.08. The smallest absolute Gasteiger partial charge is 0.325 e. The van der Waals surface area contributed by atoms with Crippen LogP contribution in [0, 0.1) is 13.8 Å². The number of anilines is 1. The molecule has 1 aliphatic heterocycles. The van der Waals surface area contributed by atoms with E-state index in [4.69, 9.17) is 5.73 Å². The van der Waals surface area contributed by atoms with Crippen molar-refractivity contribution >= 4 is 17.6 Å². The van der Waals surface area contributed by atoms with Gasteiger partial charge in [0, 0.05) is 5.69 Å². The van der Waals surface area contributed by atoms with Crippen LogP contribution in [0.5, 0.6) is 0 Å². The van der Waals surface area contributed by atoms with E-state index in [9.17, 15) is 9.59 Å². The molecule has 3 amide bonds. The molecule has 5 heteroatoms. The lowest BCUT2D eigenvalue weighted by atomic mass is 9.87. The van der Waals surface area contributed by atoms with Crippen LogP contribution in [0.25, 0.3) is 0 Å². The minimum atomic E-state index is -1.04. The highest BCUT2D eigenvalue weighted by atomic mass is 16.2. The quantitative estimate of drug-likeness (QED) is 0.673. The van der Waals surface area contributed by atoms with E-state index in [2.05, 4.69) is 5.32 Å². The Hall–Kier alpha value is -2.82. The Morgan fingerprint density at radius 1 is 1.08 bits per heavy atom. The molecular weight excluding hydrogens is 302 g/mol. The van der Waals surface area contributed by atoms with Gasteiger partial charge in [0.05, 0.1) is 6.54 Å². The third-order valence-electron chi connectivity index (χ3n) is 4.52. The van der Waals surface area contributed by atoms with Gasteiger partial charge in [-0.2, -0.15) is 0 Å². The number of imide groups is 1. The minimum absolute atomic E-state index is 0.228. The van der Waals surface area contributed by atoms with Gasteiger partial charge in [-0.15, -0.1) is 0 Å². The van der Waals surface area contributed by atoms with E-state index in [1.54, 1.807) is 19.1 Å². The van der Waals surface area contributed by atoms with Crippen molar-refractivity contribution in [2.24, 2.45) is 0 Å². The molecule has 0 aliphatic carbocycles. The van der Waals surface area contributed by atoms with Crippen LogP contribution < -0.4 is 11.1 Å². The van der Waals surface area contributed by atoms with Crippen LogP contribution in [0.4, 0.5) is 10.5 Å². The Labute approximate surface area is 141 Å². The molecular formula is C19H21N3O2. The predicted octanol–water partition coefficient (Wildman–Crippen LogP) is 2.85. The molecule has 1 aliphatic rings. The molecule has 0 bridgehead atoms. The zero-order chi connectivity index (χ0) is 17.5. The predicted molar refractivity (Wildman–Crippen MR) is 93.2 cm³/mol. The van der Waals surface area contributed by atoms with Crippen LogP contribution in [0.3, 0.4) is 0 Å². The van der Waals surface area contributed by atoms with Crippen molar-refractivity contribution in [3.8, 4) is 0 Å². The summed E-state index contributed by atoms with van der Waals surface area (Å²) in [4.78, 5) is 26.6. The van der Waals surface area contributed by atoms with Crippen molar-refractivity contribution in [1.29, 1.82) is 0 Å². The summed E-state index contributed by atoms with van der Waals surface area (Å²) in [5, 5.41) is 2.85. The Balaban J connectivity index is 1.91. The monoisotopic (exact) mass is 323 g/mol. The van der Waals surface area contributed by atoms with Crippen molar-refractivity contribution in [1.82, 2.24) is 10.2 Å². The van der Waals surface area contributed by atoms with E-state index in [1.165, 1.54) is 4.90 Å². The third-order valence-corrected chi connectivity index (χ3v) is 4.52. The molecule has 2 aromatic rings. The SMILES string of the molecule is Cc1ccc(C2(C)NC(=O)N(Cc3ccc(N)cc3)C2=O)c(C)c1. The number of nitrogens with two attached hydrogens (primary N) is 1. The Kier molecular flexibility index (Phi) is 3.79. The largest absolute Gasteiger partial charge is 0.399 e. The standard InChI is InChI=1S/C19H21N3O2/c1-12-4-9-16(13(2)10-12)19(3)17(23)22(18(24)21-19)11-14-5-7-15(20)8-6-14/h4-10H,11,20H2,1-3H3,(H,21,24). The van der Waals surface area contributed by atoms with Crippen LogP contribution in [0.2, 0.25) is 0 Å². The molecule has 1 saturated heterocycles. The number of nitrogens with zero attached hydrogens (tertiary/aromatic N) is 1. The van der Waals surface area contributed by atoms with Crippen LogP contribution in [-0.4, -0.2) is 16.8 Å². The lowest BCUT2D eigenvalue weighted by molar-refractivity contribution is -0.131. The van der Waals surface area contributed by atoms with Crippen LogP contribution in [-0.2, 0) is 16.9 Å². The van der Waals surface area contributed by atoms with Crippen molar-refractivity contribution < 1.29 is 9.59 Å². The summed E-state index contributed by atoms with van der Waals surface area (Å²) < 4.78 is 0. The summed E-state index contributed by atoms with van der Waals surface area (Å²) >= 11 is 0. The molecule has 1 unspecified atom stereocenters. The second kappa shape index (κ2) is 5.67. The molecule has 1 fully saturated rings. The first kappa shape index (κ1) is 16.1. The fraction of sp³-hybridized carbons (Fsp3) is 0.263. The molecule has 0 saturated carbocycles. The van der Waals surface area contributed by atoms with Crippen LogP contribution in [0.1, 0.15) is 29.2 Å². The fourth-order valence-electron chi connectivity index (χ4n) is 3.20. The maximum absolute atomic E-state index is 13.0. The molecule has 2 aromatic carbocycles. The maximum atomic E-state index is 13.0. The average Bonchev–Trinajstić information content (AvgIpc) is 2.73. The fourth-order valence-corrected chi connectivity index (χ4v) is 3.20. The normalized spacial score (nSPS) is 20.4. The number of carbonyl (C=O) groups excluding carboxylic acids is 2. The topological polar surface area (TPSA) is 75.4 Å². The Bertz CT molecular complexity index is 814. The second-order valence-corrected chi connectivity index (χ2v) is 6.51. The molecule has 1 heterocycles. The summed E-state index contributed by atoms with van der Waals surface area (Å²) in [6.07, 6.45) is 0. The number of rotatable bonds is 3.